The topological polar surface area (TPSA) is 52.6 Å². The van der Waals surface area contributed by atoms with Gasteiger partial charge in [-0.25, -0.2) is 0 Å². The smallest absolute Gasteiger partial charge is 0.234 e. The maximum Gasteiger partial charge on any atom is 0.234 e. The fourth-order valence-electron chi connectivity index (χ4n) is 2.96. The van der Waals surface area contributed by atoms with Crippen molar-refractivity contribution in [1.29, 1.82) is 0 Å². The van der Waals surface area contributed by atoms with Gasteiger partial charge in [0.25, 0.3) is 0 Å². The Bertz CT molecular complexity index is 487. The molecule has 1 aromatic carbocycles. The summed E-state index contributed by atoms with van der Waals surface area (Å²) in [4.78, 5) is 14.2. The molecule has 2 rings (SSSR count). The first-order valence-electron chi connectivity index (χ1n) is 7.56. The van der Waals surface area contributed by atoms with Gasteiger partial charge in [0.1, 0.15) is 0 Å². The molecule has 0 fully saturated rings. The van der Waals surface area contributed by atoms with Crippen molar-refractivity contribution in [1.82, 2.24) is 10.2 Å². The summed E-state index contributed by atoms with van der Waals surface area (Å²) < 4.78 is 0. The molecule has 0 bridgehead atoms. The number of aliphatic hydroxyl groups excluding tert-OH is 1. The molecule has 0 saturated carbocycles. The van der Waals surface area contributed by atoms with Crippen molar-refractivity contribution in [2.75, 3.05) is 26.2 Å². The highest BCUT2D eigenvalue weighted by atomic mass is 16.3. The summed E-state index contributed by atoms with van der Waals surface area (Å²) >= 11 is 0. The maximum atomic E-state index is 12.0. The summed E-state index contributed by atoms with van der Waals surface area (Å²) in [7, 11) is 0. The van der Waals surface area contributed by atoms with Crippen LogP contribution in [0.3, 0.4) is 0 Å². The molecule has 21 heavy (non-hydrogen) atoms. The van der Waals surface area contributed by atoms with E-state index in [9.17, 15) is 4.79 Å². The molecule has 4 nitrogen and oxygen atoms in total. The third-order valence-electron chi connectivity index (χ3n) is 3.94. The average molecular weight is 288 g/mol. The van der Waals surface area contributed by atoms with E-state index in [0.717, 1.165) is 19.4 Å². The minimum absolute atomic E-state index is 0.0113. The van der Waals surface area contributed by atoms with E-state index >= 15 is 0 Å². The molecule has 1 amide bonds. The van der Waals surface area contributed by atoms with E-state index in [2.05, 4.69) is 41.1 Å². The zero-order valence-electron chi connectivity index (χ0n) is 12.4. The van der Waals surface area contributed by atoms with Gasteiger partial charge in [-0.05, 0) is 30.4 Å². The van der Waals surface area contributed by atoms with Crippen molar-refractivity contribution >= 4 is 5.91 Å². The van der Waals surface area contributed by atoms with Crippen LogP contribution in [0.25, 0.3) is 0 Å². The number of benzene rings is 1. The van der Waals surface area contributed by atoms with Crippen molar-refractivity contribution < 1.29 is 9.90 Å². The van der Waals surface area contributed by atoms with Crippen LogP contribution in [0.4, 0.5) is 0 Å². The highest BCUT2D eigenvalue weighted by molar-refractivity contribution is 5.78. The van der Waals surface area contributed by atoms with Crippen molar-refractivity contribution in [2.45, 2.75) is 25.3 Å². The Morgan fingerprint density at radius 2 is 2.29 bits per heavy atom. The molecule has 1 atom stereocenters. The van der Waals surface area contributed by atoms with Crippen LogP contribution >= 0.6 is 0 Å². The summed E-state index contributed by atoms with van der Waals surface area (Å²) in [6, 6.07) is 8.72. The van der Waals surface area contributed by atoms with Crippen molar-refractivity contribution in [2.24, 2.45) is 0 Å². The molecule has 0 radical (unpaired) electrons. The Hall–Kier alpha value is -1.65. The number of nitrogens with zero attached hydrogens (tertiary/aromatic N) is 1. The number of aliphatic hydroxyl groups is 1. The van der Waals surface area contributed by atoms with Gasteiger partial charge < -0.3 is 10.4 Å². The number of amides is 1. The van der Waals surface area contributed by atoms with Crippen molar-refractivity contribution in [3.8, 4) is 0 Å². The van der Waals surface area contributed by atoms with Crippen LogP contribution in [-0.2, 0) is 11.2 Å². The molecule has 0 aliphatic heterocycles. The Balaban J connectivity index is 2.06. The van der Waals surface area contributed by atoms with Crippen LogP contribution in [-0.4, -0.2) is 42.2 Å². The number of nitrogens with one attached hydrogen (secondary N) is 1. The zero-order chi connectivity index (χ0) is 15.1. The molecule has 1 aliphatic rings. The summed E-state index contributed by atoms with van der Waals surface area (Å²) in [6.45, 7) is 5.35. The SMILES string of the molecule is C=CCNC(=O)CN(CCCO)C1CCc2ccccc21. The molecule has 1 aromatic rings. The average Bonchev–Trinajstić information content (AvgIpc) is 2.93. The van der Waals surface area contributed by atoms with Gasteiger partial charge in [-0.2, -0.15) is 0 Å². The quantitative estimate of drug-likeness (QED) is 0.715. The molecule has 0 aromatic heterocycles. The lowest BCUT2D eigenvalue weighted by Crippen LogP contribution is -2.39. The molecule has 2 N–H and O–H groups in total. The lowest BCUT2D eigenvalue weighted by atomic mass is 10.1. The second-order valence-electron chi connectivity index (χ2n) is 5.39. The number of carbonyl (C=O) groups is 1. The van der Waals surface area contributed by atoms with Crippen molar-refractivity contribution in [3.63, 3.8) is 0 Å². The maximum absolute atomic E-state index is 12.0. The third-order valence-corrected chi connectivity index (χ3v) is 3.94. The first kappa shape index (κ1) is 15.7. The van der Waals surface area contributed by atoms with Gasteiger partial charge in [-0.1, -0.05) is 30.3 Å². The predicted octanol–water partition coefficient (Wildman–Crippen LogP) is 1.66. The van der Waals surface area contributed by atoms with E-state index in [4.69, 9.17) is 5.11 Å². The van der Waals surface area contributed by atoms with Crippen LogP contribution in [0.1, 0.15) is 30.0 Å². The molecule has 4 heteroatoms. The van der Waals surface area contributed by atoms with E-state index in [1.807, 2.05) is 0 Å². The predicted molar refractivity (Wildman–Crippen MR) is 84.0 cm³/mol. The lowest BCUT2D eigenvalue weighted by molar-refractivity contribution is -0.122. The third kappa shape index (κ3) is 4.16. The largest absolute Gasteiger partial charge is 0.396 e. The highest BCUT2D eigenvalue weighted by Crippen LogP contribution is 2.35. The van der Waals surface area contributed by atoms with Crippen molar-refractivity contribution in [3.05, 3.63) is 48.0 Å². The summed E-state index contributed by atoms with van der Waals surface area (Å²) in [6.07, 6.45) is 4.47. The van der Waals surface area contributed by atoms with Crippen LogP contribution in [0, 0.1) is 0 Å². The summed E-state index contributed by atoms with van der Waals surface area (Å²) in [5.74, 6) is 0.0113. The second-order valence-corrected chi connectivity index (χ2v) is 5.39. The number of rotatable bonds is 8. The number of aryl methyl sites for hydroxylation is 1. The van der Waals surface area contributed by atoms with Gasteiger partial charge in [-0.3, -0.25) is 9.69 Å². The molecule has 1 aliphatic carbocycles. The van der Waals surface area contributed by atoms with Crippen LogP contribution in [0.2, 0.25) is 0 Å². The molecular formula is C17H24N2O2. The Kier molecular flexibility index (Phi) is 5.96. The highest BCUT2D eigenvalue weighted by Gasteiger charge is 2.28. The van der Waals surface area contributed by atoms with Gasteiger partial charge in [0.15, 0.2) is 0 Å². The monoisotopic (exact) mass is 288 g/mol. The van der Waals surface area contributed by atoms with Crippen LogP contribution in [0.5, 0.6) is 0 Å². The number of hydrogen-bond donors (Lipinski definition) is 2. The molecule has 114 valence electrons. The molecule has 0 heterocycles. The minimum atomic E-state index is 0.0113. The van der Waals surface area contributed by atoms with Gasteiger partial charge in [0.05, 0.1) is 6.54 Å². The Labute approximate surface area is 126 Å². The molecule has 0 spiro atoms. The Morgan fingerprint density at radius 3 is 3.05 bits per heavy atom. The van der Waals surface area contributed by atoms with E-state index in [-0.39, 0.29) is 18.6 Å². The summed E-state index contributed by atoms with van der Waals surface area (Å²) in [5, 5.41) is 11.9. The number of fused-ring (bicyclic) bond motifs is 1. The lowest BCUT2D eigenvalue weighted by Gasteiger charge is -2.28. The normalized spacial score (nSPS) is 16.8. The minimum Gasteiger partial charge on any atom is -0.396 e. The number of hydrogen-bond acceptors (Lipinski definition) is 3. The van der Waals surface area contributed by atoms with E-state index in [1.54, 1.807) is 6.08 Å². The Morgan fingerprint density at radius 1 is 1.48 bits per heavy atom. The van der Waals surface area contributed by atoms with Gasteiger partial charge in [0.2, 0.25) is 5.91 Å². The zero-order valence-corrected chi connectivity index (χ0v) is 12.4. The van der Waals surface area contributed by atoms with Crippen LogP contribution < -0.4 is 5.32 Å². The standard InChI is InChI=1S/C17H24N2O2/c1-2-10-18-17(21)13-19(11-5-12-20)16-9-8-14-6-3-4-7-15(14)16/h2-4,6-7,16,20H,1,5,8-13H2,(H,18,21). The first-order valence-corrected chi connectivity index (χ1v) is 7.56. The van der Waals surface area contributed by atoms with Gasteiger partial charge in [0, 0.05) is 25.7 Å². The fraction of sp³-hybridized carbons (Fsp3) is 0.471. The van der Waals surface area contributed by atoms with Gasteiger partial charge in [-0.15, -0.1) is 6.58 Å². The van der Waals surface area contributed by atoms with E-state index < -0.39 is 0 Å². The fourth-order valence-corrected chi connectivity index (χ4v) is 2.96. The molecular weight excluding hydrogens is 264 g/mol. The second kappa shape index (κ2) is 7.96. The summed E-state index contributed by atoms with van der Waals surface area (Å²) in [5.41, 5.74) is 2.70. The molecule has 0 saturated heterocycles. The number of carbonyl (C=O) groups excluding carboxylic acids is 1. The van der Waals surface area contributed by atoms with Gasteiger partial charge >= 0.3 is 0 Å². The van der Waals surface area contributed by atoms with E-state index in [0.29, 0.717) is 19.5 Å². The first-order chi connectivity index (χ1) is 10.3. The molecule has 1 unspecified atom stereocenters. The van der Waals surface area contributed by atoms with Crippen LogP contribution in [0.15, 0.2) is 36.9 Å². The van der Waals surface area contributed by atoms with E-state index in [1.165, 1.54) is 11.1 Å².